The number of piperidine rings is 1. The number of rotatable bonds is 6. The number of likely N-dealkylation sites (tertiary alicyclic amines) is 1. The maximum Gasteiger partial charge on any atom is 0.255 e. The van der Waals surface area contributed by atoms with E-state index in [1.54, 1.807) is 27.3 Å². The molecule has 4 atom stereocenters. The van der Waals surface area contributed by atoms with Crippen LogP contribution < -0.4 is 10.5 Å². The highest BCUT2D eigenvalue weighted by atomic mass is 16.5. The molecule has 0 saturated carbocycles. The molecule has 2 aromatic rings. The van der Waals surface area contributed by atoms with E-state index >= 15 is 0 Å². The molecular formula is C34H39N3O8. The normalized spacial score (nSPS) is 26.9. The van der Waals surface area contributed by atoms with Crippen LogP contribution in [0.15, 0.2) is 53.0 Å². The summed E-state index contributed by atoms with van der Waals surface area (Å²) >= 11 is 0. The number of ether oxygens (including phenoxy) is 1. The number of phenols is 1. The van der Waals surface area contributed by atoms with Gasteiger partial charge in [0.15, 0.2) is 11.4 Å². The quantitative estimate of drug-likeness (QED) is 0.303. The molecule has 1 saturated heterocycles. The Morgan fingerprint density at radius 1 is 1.07 bits per heavy atom. The number of benzene rings is 2. The van der Waals surface area contributed by atoms with Crippen molar-refractivity contribution in [3.05, 3.63) is 69.7 Å². The Labute approximate surface area is 261 Å². The van der Waals surface area contributed by atoms with E-state index in [4.69, 9.17) is 10.5 Å². The topological polar surface area (TPSA) is 174 Å². The standard InChI is InChI=1S/C34H39N3O8/c1-36(2)28-22-15-18-14-21-19(20-13-17(7-10-24(20)45-3)16-37-11-5-4-6-12-37)8-9-23(38)26(21)29(39)25(18)31(41)34(22,44)32(42)27(30(28)40)33(35)43/h7-10,13,18,22,28,38,40-41,44H,4-6,11-12,14-16H2,1-3H3,(H2,35,43)/t18?,22?,28-,34-/m0/s1. The number of phenolic OH excluding ortho intramolecular Hbond substituents is 1. The van der Waals surface area contributed by atoms with Crippen LogP contribution in [0.5, 0.6) is 11.5 Å². The van der Waals surface area contributed by atoms with Gasteiger partial charge >= 0.3 is 0 Å². The van der Waals surface area contributed by atoms with Gasteiger partial charge in [0, 0.05) is 23.6 Å². The maximum absolute atomic E-state index is 14.2. The Morgan fingerprint density at radius 3 is 2.42 bits per heavy atom. The van der Waals surface area contributed by atoms with Gasteiger partial charge in [-0.05, 0) is 93.7 Å². The molecule has 11 heteroatoms. The zero-order valence-electron chi connectivity index (χ0n) is 25.7. The van der Waals surface area contributed by atoms with Gasteiger partial charge in [-0.15, -0.1) is 0 Å². The highest BCUT2D eigenvalue weighted by Crippen LogP contribution is 2.53. The van der Waals surface area contributed by atoms with Crippen molar-refractivity contribution in [1.82, 2.24) is 9.80 Å². The van der Waals surface area contributed by atoms with Gasteiger partial charge in [0.1, 0.15) is 28.6 Å². The monoisotopic (exact) mass is 617 g/mol. The number of aromatic hydroxyl groups is 1. The SMILES string of the molecule is COc1ccc(CN2CCCCC2)cc1-c1ccc(O)c2c1CC1CC3[C@H](N(C)C)C(O)=C(C(N)=O)C(=O)[C@@]3(O)C(O)=C1C2=O. The van der Waals surface area contributed by atoms with E-state index in [-0.39, 0.29) is 29.7 Å². The number of fused-ring (bicyclic) bond motifs is 3. The first-order valence-corrected chi connectivity index (χ1v) is 15.3. The molecule has 238 valence electrons. The van der Waals surface area contributed by atoms with Crippen LogP contribution >= 0.6 is 0 Å². The number of carbonyl (C=O) groups excluding carboxylic acids is 3. The molecule has 0 radical (unpaired) electrons. The molecule has 2 aromatic carbocycles. The van der Waals surface area contributed by atoms with Crippen LogP contribution in [0.25, 0.3) is 11.1 Å². The fourth-order valence-electron chi connectivity index (χ4n) is 7.94. The van der Waals surface area contributed by atoms with Crippen molar-refractivity contribution >= 4 is 17.5 Å². The first-order chi connectivity index (χ1) is 21.4. The van der Waals surface area contributed by atoms with E-state index in [0.29, 0.717) is 16.9 Å². The van der Waals surface area contributed by atoms with Crippen LogP contribution in [0.3, 0.4) is 0 Å². The van der Waals surface area contributed by atoms with Crippen molar-refractivity contribution in [2.75, 3.05) is 34.3 Å². The van der Waals surface area contributed by atoms with Gasteiger partial charge in [-0.2, -0.15) is 0 Å². The number of nitrogens with zero attached hydrogens (tertiary/aromatic N) is 2. The number of amides is 1. The summed E-state index contributed by atoms with van der Waals surface area (Å²) in [5.74, 6) is -6.17. The lowest BCUT2D eigenvalue weighted by atomic mass is 9.58. The number of methoxy groups -OCH3 is 1. The smallest absolute Gasteiger partial charge is 0.255 e. The number of aliphatic hydroxyl groups excluding tert-OH is 2. The lowest BCUT2D eigenvalue weighted by molar-refractivity contribution is -0.148. The fourth-order valence-corrected chi connectivity index (χ4v) is 7.94. The zero-order chi connectivity index (χ0) is 32.4. The highest BCUT2D eigenvalue weighted by molar-refractivity contribution is 6.25. The Morgan fingerprint density at radius 2 is 1.78 bits per heavy atom. The third-order valence-corrected chi connectivity index (χ3v) is 10.0. The number of hydrogen-bond donors (Lipinski definition) is 5. The molecule has 4 aliphatic rings. The Balaban J connectivity index is 1.48. The van der Waals surface area contributed by atoms with Crippen LogP contribution in [0.1, 0.15) is 47.2 Å². The van der Waals surface area contributed by atoms with Gasteiger partial charge in [-0.1, -0.05) is 18.6 Å². The van der Waals surface area contributed by atoms with Crippen molar-refractivity contribution < 1.29 is 39.5 Å². The molecule has 1 fully saturated rings. The van der Waals surface area contributed by atoms with Gasteiger partial charge in [0.25, 0.3) is 5.91 Å². The van der Waals surface area contributed by atoms with Crippen LogP contribution in [0.2, 0.25) is 0 Å². The van der Waals surface area contributed by atoms with E-state index < -0.39 is 58.0 Å². The molecular weight excluding hydrogens is 578 g/mol. The molecule has 45 heavy (non-hydrogen) atoms. The summed E-state index contributed by atoms with van der Waals surface area (Å²) in [4.78, 5) is 43.9. The highest BCUT2D eigenvalue weighted by Gasteiger charge is 2.63. The van der Waals surface area contributed by atoms with Crippen molar-refractivity contribution in [2.24, 2.45) is 17.6 Å². The average molecular weight is 618 g/mol. The minimum Gasteiger partial charge on any atom is -0.510 e. The van der Waals surface area contributed by atoms with Gasteiger partial charge in [0.05, 0.1) is 18.7 Å². The minimum absolute atomic E-state index is 0.0208. The van der Waals surface area contributed by atoms with E-state index in [1.165, 1.54) is 17.4 Å². The zero-order valence-corrected chi connectivity index (χ0v) is 25.7. The van der Waals surface area contributed by atoms with Crippen LogP contribution in [-0.4, -0.2) is 93.6 Å². The van der Waals surface area contributed by atoms with Crippen molar-refractivity contribution in [2.45, 2.75) is 50.3 Å². The number of nitrogens with two attached hydrogens (primary N) is 1. The second kappa shape index (κ2) is 11.3. The molecule has 0 bridgehead atoms. The molecule has 0 spiro atoms. The average Bonchev–Trinajstić information content (AvgIpc) is 2.99. The van der Waals surface area contributed by atoms with Crippen molar-refractivity contribution in [3.63, 3.8) is 0 Å². The van der Waals surface area contributed by atoms with Gasteiger partial charge in [0.2, 0.25) is 5.78 Å². The Hall–Kier alpha value is -4.19. The van der Waals surface area contributed by atoms with Crippen LogP contribution in [0, 0.1) is 11.8 Å². The molecule has 11 nitrogen and oxygen atoms in total. The summed E-state index contributed by atoms with van der Waals surface area (Å²) in [7, 11) is 4.78. The Kier molecular flexibility index (Phi) is 7.75. The van der Waals surface area contributed by atoms with Crippen LogP contribution in [-0.2, 0) is 22.6 Å². The molecule has 1 amide bonds. The summed E-state index contributed by atoms with van der Waals surface area (Å²) in [6, 6.07) is 8.09. The molecule has 6 N–H and O–H groups in total. The third-order valence-electron chi connectivity index (χ3n) is 10.0. The molecule has 1 aliphatic heterocycles. The van der Waals surface area contributed by atoms with Crippen LogP contribution in [0.4, 0.5) is 0 Å². The lowest BCUT2D eigenvalue weighted by Crippen LogP contribution is -2.63. The fraction of sp³-hybridized carbons (Fsp3) is 0.441. The van der Waals surface area contributed by atoms with Gasteiger partial charge < -0.3 is 30.9 Å². The molecule has 6 rings (SSSR count). The van der Waals surface area contributed by atoms with Crippen molar-refractivity contribution in [3.8, 4) is 22.6 Å². The number of hydrogen-bond acceptors (Lipinski definition) is 10. The first-order valence-electron chi connectivity index (χ1n) is 15.3. The number of primary amides is 1. The first kappa shape index (κ1) is 30.8. The second-order valence-electron chi connectivity index (χ2n) is 12.8. The molecule has 1 heterocycles. The van der Waals surface area contributed by atoms with E-state index in [9.17, 15) is 34.8 Å². The number of allylic oxidation sites excluding steroid dienone is 1. The molecule has 2 unspecified atom stereocenters. The summed E-state index contributed by atoms with van der Waals surface area (Å²) in [5, 5.41) is 45.4. The maximum atomic E-state index is 14.2. The number of carbonyl (C=O) groups is 3. The van der Waals surface area contributed by atoms with E-state index in [0.717, 1.165) is 43.6 Å². The number of likely N-dealkylation sites (N-methyl/N-ethyl adjacent to an activating group) is 1. The summed E-state index contributed by atoms with van der Waals surface area (Å²) < 4.78 is 5.74. The van der Waals surface area contributed by atoms with Crippen molar-refractivity contribution in [1.29, 1.82) is 0 Å². The minimum atomic E-state index is -2.68. The number of Topliss-reactive ketones (excluding diaryl/α,β-unsaturated/α-hetero) is 2. The largest absolute Gasteiger partial charge is 0.510 e. The van der Waals surface area contributed by atoms with Gasteiger partial charge in [-0.25, -0.2) is 0 Å². The summed E-state index contributed by atoms with van der Waals surface area (Å²) in [5.41, 5.74) is 4.78. The Bertz CT molecular complexity index is 1670. The summed E-state index contributed by atoms with van der Waals surface area (Å²) in [6.45, 7) is 2.82. The van der Waals surface area contributed by atoms with Gasteiger partial charge in [-0.3, -0.25) is 24.2 Å². The molecule has 3 aliphatic carbocycles. The predicted octanol–water partition coefficient (Wildman–Crippen LogP) is 2.78. The third kappa shape index (κ3) is 4.72. The molecule has 0 aromatic heterocycles. The summed E-state index contributed by atoms with van der Waals surface area (Å²) in [6.07, 6.45) is 3.77. The van der Waals surface area contributed by atoms with E-state index in [1.807, 2.05) is 18.2 Å². The van der Waals surface area contributed by atoms with E-state index in [2.05, 4.69) is 4.90 Å². The number of aliphatic hydroxyl groups is 3. The lowest BCUT2D eigenvalue weighted by Gasteiger charge is -2.50. The number of ketones is 2. The predicted molar refractivity (Wildman–Crippen MR) is 165 cm³/mol. The second-order valence-corrected chi connectivity index (χ2v) is 12.8.